The van der Waals surface area contributed by atoms with Crippen molar-refractivity contribution in [2.45, 2.75) is 40.3 Å². The van der Waals surface area contributed by atoms with Crippen molar-refractivity contribution >= 4 is 11.5 Å². The molecule has 2 rings (SSSR count). The molecule has 0 radical (unpaired) electrons. The molecule has 6 nitrogen and oxygen atoms in total. The van der Waals surface area contributed by atoms with Gasteiger partial charge < -0.3 is 10.1 Å². The van der Waals surface area contributed by atoms with Crippen molar-refractivity contribution in [3.05, 3.63) is 17.0 Å². The number of hydrogen-bond acceptors (Lipinski definition) is 5. The fraction of sp³-hybridized carbons (Fsp3) is 0.667. The van der Waals surface area contributed by atoms with E-state index in [1.807, 2.05) is 0 Å². The number of anilines is 1. The van der Waals surface area contributed by atoms with Gasteiger partial charge in [0.25, 0.3) is 5.82 Å². The standard InChI is InChI=1S/C15H22F3N5O/c1-9-10(2)12-20-21-13(15(16,17)18)23(12)22-11(9)19-8-14(3,4)6-7-24-5/h6-8H2,1-5H3,(H,19,22). The Morgan fingerprint density at radius 2 is 1.79 bits per heavy atom. The molecule has 0 aliphatic heterocycles. The van der Waals surface area contributed by atoms with Crippen LogP contribution in [0.2, 0.25) is 0 Å². The summed E-state index contributed by atoms with van der Waals surface area (Å²) in [4.78, 5) is 0. The summed E-state index contributed by atoms with van der Waals surface area (Å²) in [5.41, 5.74) is 1.40. The number of nitrogens with zero attached hydrogens (tertiary/aromatic N) is 4. The normalized spacial score (nSPS) is 12.8. The zero-order valence-electron chi connectivity index (χ0n) is 14.5. The summed E-state index contributed by atoms with van der Waals surface area (Å²) >= 11 is 0. The highest BCUT2D eigenvalue weighted by Gasteiger charge is 2.38. The lowest BCUT2D eigenvalue weighted by Crippen LogP contribution is -2.26. The van der Waals surface area contributed by atoms with Crippen LogP contribution < -0.4 is 5.32 Å². The van der Waals surface area contributed by atoms with Gasteiger partial charge in [-0.15, -0.1) is 15.3 Å². The molecule has 2 aromatic heterocycles. The summed E-state index contributed by atoms with van der Waals surface area (Å²) in [5.74, 6) is -0.724. The van der Waals surface area contributed by atoms with Crippen LogP contribution in [-0.4, -0.2) is 40.1 Å². The average Bonchev–Trinajstić information content (AvgIpc) is 2.91. The Morgan fingerprint density at radius 3 is 2.38 bits per heavy atom. The van der Waals surface area contributed by atoms with Crippen LogP contribution in [0.5, 0.6) is 0 Å². The van der Waals surface area contributed by atoms with E-state index < -0.39 is 12.0 Å². The molecule has 0 aliphatic carbocycles. The molecule has 0 aromatic carbocycles. The van der Waals surface area contributed by atoms with Gasteiger partial charge in [0.15, 0.2) is 5.65 Å². The van der Waals surface area contributed by atoms with Crippen molar-refractivity contribution < 1.29 is 17.9 Å². The molecule has 0 bridgehead atoms. The molecule has 0 unspecified atom stereocenters. The molecule has 0 atom stereocenters. The van der Waals surface area contributed by atoms with Gasteiger partial charge in [0.1, 0.15) is 5.82 Å². The molecule has 0 spiro atoms. The minimum Gasteiger partial charge on any atom is -0.385 e. The number of rotatable bonds is 6. The maximum Gasteiger partial charge on any atom is 0.453 e. The Hall–Kier alpha value is -1.90. The molecule has 9 heteroatoms. The minimum atomic E-state index is -4.61. The summed E-state index contributed by atoms with van der Waals surface area (Å²) in [6.07, 6.45) is -3.79. The third-order valence-electron chi connectivity index (χ3n) is 4.06. The first-order chi connectivity index (χ1) is 11.1. The van der Waals surface area contributed by atoms with Crippen LogP contribution in [0, 0.1) is 19.3 Å². The van der Waals surface area contributed by atoms with E-state index >= 15 is 0 Å². The minimum absolute atomic E-state index is 0.0902. The van der Waals surface area contributed by atoms with Crippen LogP contribution in [0.15, 0.2) is 0 Å². The number of alkyl halides is 3. The van der Waals surface area contributed by atoms with E-state index in [1.165, 1.54) is 0 Å². The molecular weight excluding hydrogens is 323 g/mol. The topological polar surface area (TPSA) is 64.3 Å². The van der Waals surface area contributed by atoms with Crippen molar-refractivity contribution in [2.24, 2.45) is 5.41 Å². The van der Waals surface area contributed by atoms with Crippen LogP contribution >= 0.6 is 0 Å². The fourth-order valence-corrected chi connectivity index (χ4v) is 2.26. The summed E-state index contributed by atoms with van der Waals surface area (Å²) in [7, 11) is 1.64. The first-order valence-corrected chi connectivity index (χ1v) is 7.59. The van der Waals surface area contributed by atoms with Gasteiger partial charge in [-0.3, -0.25) is 0 Å². The van der Waals surface area contributed by atoms with Crippen LogP contribution in [0.4, 0.5) is 19.0 Å². The van der Waals surface area contributed by atoms with Crippen molar-refractivity contribution in [3.8, 4) is 0 Å². The Balaban J connectivity index is 2.35. The van der Waals surface area contributed by atoms with Crippen molar-refractivity contribution in [1.82, 2.24) is 19.8 Å². The quantitative estimate of drug-likeness (QED) is 0.871. The number of nitrogens with one attached hydrogen (secondary N) is 1. The van der Waals surface area contributed by atoms with Gasteiger partial charge in [-0.2, -0.15) is 17.7 Å². The SMILES string of the molecule is COCCC(C)(C)CNc1nn2c(C(F)(F)F)nnc2c(C)c1C. The van der Waals surface area contributed by atoms with Crippen molar-refractivity contribution in [1.29, 1.82) is 0 Å². The molecule has 1 N–H and O–H groups in total. The van der Waals surface area contributed by atoms with E-state index in [0.717, 1.165) is 16.5 Å². The molecule has 24 heavy (non-hydrogen) atoms. The lowest BCUT2D eigenvalue weighted by atomic mass is 9.89. The van der Waals surface area contributed by atoms with Gasteiger partial charge in [-0.05, 0) is 31.2 Å². The van der Waals surface area contributed by atoms with E-state index in [9.17, 15) is 13.2 Å². The van der Waals surface area contributed by atoms with Crippen LogP contribution in [-0.2, 0) is 10.9 Å². The maximum atomic E-state index is 13.0. The van der Waals surface area contributed by atoms with E-state index in [2.05, 4.69) is 34.5 Å². The zero-order valence-corrected chi connectivity index (χ0v) is 14.5. The largest absolute Gasteiger partial charge is 0.453 e. The van der Waals surface area contributed by atoms with Crippen LogP contribution in [0.25, 0.3) is 5.65 Å². The summed E-state index contributed by atoms with van der Waals surface area (Å²) in [6, 6.07) is 0. The number of aromatic nitrogens is 4. The van der Waals surface area contributed by atoms with Crippen molar-refractivity contribution in [3.63, 3.8) is 0 Å². The second-order valence-corrected chi connectivity index (χ2v) is 6.62. The van der Waals surface area contributed by atoms with E-state index in [0.29, 0.717) is 24.5 Å². The number of ether oxygens (including phenoxy) is 1. The third-order valence-corrected chi connectivity index (χ3v) is 4.06. The predicted molar refractivity (Wildman–Crippen MR) is 84.0 cm³/mol. The number of fused-ring (bicyclic) bond motifs is 1. The lowest BCUT2D eigenvalue weighted by molar-refractivity contribution is -0.146. The Labute approximate surface area is 138 Å². The van der Waals surface area contributed by atoms with Crippen molar-refractivity contribution in [2.75, 3.05) is 25.6 Å². The highest BCUT2D eigenvalue weighted by Crippen LogP contribution is 2.30. The number of hydrogen-bond donors (Lipinski definition) is 1. The summed E-state index contributed by atoms with van der Waals surface area (Å²) in [6.45, 7) is 8.79. The van der Waals surface area contributed by atoms with E-state index in [-0.39, 0.29) is 11.1 Å². The third kappa shape index (κ3) is 3.77. The summed E-state index contributed by atoms with van der Waals surface area (Å²) in [5, 5.41) is 14.1. The van der Waals surface area contributed by atoms with Gasteiger partial charge in [-0.1, -0.05) is 13.8 Å². The van der Waals surface area contributed by atoms with Crippen LogP contribution in [0.1, 0.15) is 37.2 Å². The van der Waals surface area contributed by atoms with Gasteiger partial charge in [0.05, 0.1) is 0 Å². The first-order valence-electron chi connectivity index (χ1n) is 7.59. The van der Waals surface area contributed by atoms with Gasteiger partial charge in [-0.25, -0.2) is 0 Å². The molecule has 134 valence electrons. The second-order valence-electron chi connectivity index (χ2n) is 6.62. The van der Waals surface area contributed by atoms with Gasteiger partial charge in [0.2, 0.25) is 0 Å². The Morgan fingerprint density at radius 1 is 1.12 bits per heavy atom. The molecule has 0 saturated carbocycles. The number of aryl methyl sites for hydroxylation is 1. The average molecular weight is 345 g/mol. The molecule has 0 amide bonds. The van der Waals surface area contributed by atoms with E-state index in [4.69, 9.17) is 4.74 Å². The molecule has 2 heterocycles. The fourth-order valence-electron chi connectivity index (χ4n) is 2.26. The molecule has 0 saturated heterocycles. The maximum absolute atomic E-state index is 13.0. The second kappa shape index (κ2) is 6.54. The monoisotopic (exact) mass is 345 g/mol. The molecule has 2 aromatic rings. The molecule has 0 fully saturated rings. The smallest absolute Gasteiger partial charge is 0.385 e. The Kier molecular flexibility index (Phi) is 5.03. The number of halogens is 3. The highest BCUT2D eigenvalue weighted by molar-refractivity contribution is 5.58. The van der Waals surface area contributed by atoms with Crippen LogP contribution in [0.3, 0.4) is 0 Å². The number of methoxy groups -OCH3 is 1. The van der Waals surface area contributed by atoms with Gasteiger partial charge >= 0.3 is 6.18 Å². The lowest BCUT2D eigenvalue weighted by Gasteiger charge is -2.25. The molecular formula is C15H22F3N5O. The molecule has 0 aliphatic rings. The van der Waals surface area contributed by atoms with E-state index in [1.54, 1.807) is 21.0 Å². The predicted octanol–water partition coefficient (Wildman–Crippen LogP) is 3.23. The summed E-state index contributed by atoms with van der Waals surface area (Å²) < 4.78 is 44.9. The first kappa shape index (κ1) is 18.4. The zero-order chi connectivity index (χ0) is 18.1. The Bertz CT molecular complexity index is 724. The van der Waals surface area contributed by atoms with Gasteiger partial charge in [0, 0.05) is 25.8 Å². The highest BCUT2D eigenvalue weighted by atomic mass is 19.4.